The van der Waals surface area contributed by atoms with Crippen LogP contribution in [-0.2, 0) is 14.4 Å². The second-order valence-electron chi connectivity index (χ2n) is 8.86. The highest BCUT2D eigenvalue weighted by Gasteiger charge is 2.38. The number of carbonyl (C=O) groups excluding carboxylic acids is 2. The van der Waals surface area contributed by atoms with Crippen molar-refractivity contribution < 1.29 is 24.7 Å². The highest BCUT2D eigenvalue weighted by Crippen LogP contribution is 2.23. The number of amides is 2. The Hall–Kier alpha value is -3.50. The molecule has 0 spiro atoms. The van der Waals surface area contributed by atoms with Crippen LogP contribution in [0.25, 0.3) is 0 Å². The number of carbonyl (C=O) groups is 3. The lowest BCUT2D eigenvalue weighted by molar-refractivity contribution is -0.139. The Bertz CT molecular complexity index is 887. The molecule has 2 fully saturated rings. The van der Waals surface area contributed by atoms with Crippen molar-refractivity contribution in [1.29, 1.82) is 0 Å². The second-order valence-corrected chi connectivity index (χ2v) is 8.86. The molecule has 2 atom stereocenters. The molecule has 0 unspecified atom stereocenters. The number of carboxylic acid groups (broad SMARTS) is 1. The number of nitrogens with two attached hydrogens (primary N) is 1. The van der Waals surface area contributed by atoms with Gasteiger partial charge in [0.25, 0.3) is 0 Å². The Morgan fingerprint density at radius 1 is 1.18 bits per heavy atom. The van der Waals surface area contributed by atoms with Gasteiger partial charge < -0.3 is 36.1 Å². The van der Waals surface area contributed by atoms with Crippen LogP contribution in [0, 0.1) is 5.92 Å². The van der Waals surface area contributed by atoms with E-state index in [1.807, 2.05) is 6.07 Å². The number of guanidine groups is 1. The fourth-order valence-corrected chi connectivity index (χ4v) is 4.69. The average Bonchev–Trinajstić information content (AvgIpc) is 3.35. The number of oxime groups is 1. The Kier molecular flexibility index (Phi) is 8.55. The quantitative estimate of drug-likeness (QED) is 0.184. The van der Waals surface area contributed by atoms with Crippen LogP contribution in [-0.4, -0.2) is 88.7 Å². The van der Waals surface area contributed by atoms with Crippen LogP contribution in [0.15, 0.2) is 35.5 Å². The first-order valence-electron chi connectivity index (χ1n) is 11.7. The summed E-state index contributed by atoms with van der Waals surface area (Å²) in [5.74, 6) is -1.09. The van der Waals surface area contributed by atoms with E-state index in [1.165, 1.54) is 0 Å². The van der Waals surface area contributed by atoms with Gasteiger partial charge in [-0.15, -0.1) is 0 Å². The molecular formula is C23H34N6O5. The van der Waals surface area contributed by atoms with E-state index >= 15 is 0 Å². The molecule has 2 amide bonds. The molecule has 0 saturated carbocycles. The summed E-state index contributed by atoms with van der Waals surface area (Å²) in [4.78, 5) is 42.7. The predicted octanol–water partition coefficient (Wildman–Crippen LogP) is 0.489. The zero-order chi connectivity index (χ0) is 24.7. The van der Waals surface area contributed by atoms with E-state index < -0.39 is 18.1 Å². The Balaban J connectivity index is 1.58. The standard InChI is InChI=1S/C23H34N6O5/c1-16(29(15-20(30)31)18-6-3-2-4-7-18)22(33)28-11-5-8-19(28)21(32)25-14-17-9-12-27(13-10-17)23(24)26-34/h2-4,6-7,16-17,19,34H,5,8-15H2,1H3,(H2,24,26)(H,25,32)(H,30,31)/t16-,19-/m0/s1. The summed E-state index contributed by atoms with van der Waals surface area (Å²) in [6, 6.07) is 7.67. The summed E-state index contributed by atoms with van der Waals surface area (Å²) in [6.07, 6.45) is 2.92. The maximum absolute atomic E-state index is 13.4. The van der Waals surface area contributed by atoms with Crippen molar-refractivity contribution in [3.63, 3.8) is 0 Å². The van der Waals surface area contributed by atoms with Gasteiger partial charge in [0, 0.05) is 31.9 Å². The topological polar surface area (TPSA) is 152 Å². The van der Waals surface area contributed by atoms with Crippen LogP contribution in [0.4, 0.5) is 5.69 Å². The molecule has 2 heterocycles. The van der Waals surface area contributed by atoms with E-state index in [1.54, 1.807) is 45.9 Å². The van der Waals surface area contributed by atoms with Crippen LogP contribution in [0.1, 0.15) is 32.6 Å². The summed E-state index contributed by atoms with van der Waals surface area (Å²) in [5, 5.41) is 24.2. The molecule has 2 saturated heterocycles. The number of aliphatic carboxylic acids is 1. The molecule has 2 aliphatic heterocycles. The van der Waals surface area contributed by atoms with Crippen molar-refractivity contribution in [2.24, 2.45) is 16.8 Å². The van der Waals surface area contributed by atoms with Crippen LogP contribution in [0.5, 0.6) is 0 Å². The zero-order valence-corrected chi connectivity index (χ0v) is 19.5. The highest BCUT2D eigenvalue weighted by molar-refractivity contribution is 5.92. The van der Waals surface area contributed by atoms with Crippen molar-refractivity contribution in [2.45, 2.75) is 44.7 Å². The van der Waals surface area contributed by atoms with Crippen LogP contribution in [0.3, 0.4) is 0 Å². The van der Waals surface area contributed by atoms with E-state index in [4.69, 9.17) is 10.9 Å². The smallest absolute Gasteiger partial charge is 0.323 e. The molecule has 0 bridgehead atoms. The first kappa shape index (κ1) is 25.1. The number of hydrogen-bond acceptors (Lipinski definition) is 6. The number of benzene rings is 1. The van der Waals surface area contributed by atoms with Crippen molar-refractivity contribution in [2.75, 3.05) is 37.6 Å². The SMILES string of the molecule is C[C@@H](C(=O)N1CCC[C@H]1C(=O)NCC1CCN(C(N)=NO)CC1)N(CC(=O)O)c1ccccc1. The van der Waals surface area contributed by atoms with E-state index in [9.17, 15) is 19.5 Å². The minimum absolute atomic E-state index is 0.101. The number of anilines is 1. The molecule has 0 aromatic heterocycles. The Morgan fingerprint density at radius 3 is 2.47 bits per heavy atom. The number of rotatable bonds is 8. The first-order chi connectivity index (χ1) is 16.3. The third-order valence-corrected chi connectivity index (χ3v) is 6.66. The third-order valence-electron chi connectivity index (χ3n) is 6.66. The number of para-hydroxylation sites is 1. The number of nitrogens with zero attached hydrogens (tertiary/aromatic N) is 4. The summed E-state index contributed by atoms with van der Waals surface area (Å²) >= 11 is 0. The second kappa shape index (κ2) is 11.6. The molecule has 1 aromatic carbocycles. The lowest BCUT2D eigenvalue weighted by Crippen LogP contribution is -2.54. The van der Waals surface area contributed by atoms with Gasteiger partial charge in [0.05, 0.1) is 0 Å². The molecular weight excluding hydrogens is 440 g/mol. The summed E-state index contributed by atoms with van der Waals surface area (Å²) in [7, 11) is 0. The summed E-state index contributed by atoms with van der Waals surface area (Å²) in [5.41, 5.74) is 6.28. The Labute approximate surface area is 199 Å². The maximum atomic E-state index is 13.4. The zero-order valence-electron chi connectivity index (χ0n) is 19.5. The molecule has 2 aliphatic rings. The van der Waals surface area contributed by atoms with E-state index in [0.29, 0.717) is 38.3 Å². The number of carboxylic acids is 1. The van der Waals surface area contributed by atoms with Gasteiger partial charge in [0.15, 0.2) is 0 Å². The lowest BCUT2D eigenvalue weighted by atomic mass is 9.97. The number of likely N-dealkylation sites (tertiary alicyclic amines) is 2. The predicted molar refractivity (Wildman–Crippen MR) is 126 cm³/mol. The van der Waals surface area contributed by atoms with Crippen molar-refractivity contribution in [3.8, 4) is 0 Å². The van der Waals surface area contributed by atoms with Crippen molar-refractivity contribution >= 4 is 29.4 Å². The molecule has 34 heavy (non-hydrogen) atoms. The van der Waals surface area contributed by atoms with Gasteiger partial charge >= 0.3 is 5.97 Å². The summed E-state index contributed by atoms with van der Waals surface area (Å²) < 4.78 is 0. The summed E-state index contributed by atoms with van der Waals surface area (Å²) in [6.45, 7) is 3.65. The Morgan fingerprint density at radius 2 is 1.85 bits per heavy atom. The highest BCUT2D eigenvalue weighted by atomic mass is 16.4. The number of piperidine rings is 1. The molecule has 186 valence electrons. The van der Waals surface area contributed by atoms with Gasteiger partial charge in [-0.05, 0) is 50.7 Å². The van der Waals surface area contributed by atoms with E-state index in [0.717, 1.165) is 19.3 Å². The van der Waals surface area contributed by atoms with Gasteiger partial charge in [0.2, 0.25) is 17.8 Å². The average molecular weight is 475 g/mol. The molecule has 5 N–H and O–H groups in total. The van der Waals surface area contributed by atoms with Crippen LogP contribution >= 0.6 is 0 Å². The van der Waals surface area contributed by atoms with Gasteiger partial charge in [-0.2, -0.15) is 0 Å². The molecule has 11 heteroatoms. The van der Waals surface area contributed by atoms with Crippen molar-refractivity contribution in [1.82, 2.24) is 15.1 Å². The van der Waals surface area contributed by atoms with Gasteiger partial charge in [-0.25, -0.2) is 0 Å². The molecule has 0 aliphatic carbocycles. The number of nitrogens with one attached hydrogen (secondary N) is 1. The normalized spacial score (nSPS) is 20.1. The third kappa shape index (κ3) is 6.09. The molecule has 3 rings (SSSR count). The fourth-order valence-electron chi connectivity index (χ4n) is 4.69. The van der Waals surface area contributed by atoms with Gasteiger partial charge in [0.1, 0.15) is 18.6 Å². The molecule has 11 nitrogen and oxygen atoms in total. The van der Waals surface area contributed by atoms with Crippen LogP contribution in [0.2, 0.25) is 0 Å². The van der Waals surface area contributed by atoms with Gasteiger partial charge in [-0.3, -0.25) is 14.4 Å². The largest absolute Gasteiger partial charge is 0.480 e. The van der Waals surface area contributed by atoms with Crippen LogP contribution < -0.4 is 16.0 Å². The minimum Gasteiger partial charge on any atom is -0.480 e. The van der Waals surface area contributed by atoms with E-state index in [-0.39, 0.29) is 30.2 Å². The number of hydrogen-bond donors (Lipinski definition) is 4. The fraction of sp³-hybridized carbons (Fsp3) is 0.565. The van der Waals surface area contributed by atoms with Crippen molar-refractivity contribution in [3.05, 3.63) is 30.3 Å². The monoisotopic (exact) mass is 474 g/mol. The van der Waals surface area contributed by atoms with E-state index in [2.05, 4.69) is 10.5 Å². The minimum atomic E-state index is -1.03. The lowest BCUT2D eigenvalue weighted by Gasteiger charge is -2.34. The first-order valence-corrected chi connectivity index (χ1v) is 11.7. The molecule has 0 radical (unpaired) electrons. The maximum Gasteiger partial charge on any atom is 0.323 e. The molecule has 1 aromatic rings. The van der Waals surface area contributed by atoms with Gasteiger partial charge in [-0.1, -0.05) is 23.4 Å².